The van der Waals surface area contributed by atoms with Crippen molar-refractivity contribution >= 4 is 5.78 Å². The highest BCUT2D eigenvalue weighted by Gasteiger charge is 2.21. The van der Waals surface area contributed by atoms with Crippen LogP contribution in [0.3, 0.4) is 0 Å². The van der Waals surface area contributed by atoms with Crippen molar-refractivity contribution in [1.82, 2.24) is 14.9 Å². The molecule has 1 fully saturated rings. The van der Waals surface area contributed by atoms with E-state index in [-0.39, 0.29) is 5.92 Å². The van der Waals surface area contributed by atoms with Gasteiger partial charge in [0.05, 0.1) is 6.42 Å². The van der Waals surface area contributed by atoms with Crippen LogP contribution in [0.4, 0.5) is 0 Å². The third-order valence-electron chi connectivity index (χ3n) is 3.23. The van der Waals surface area contributed by atoms with Crippen LogP contribution in [0, 0.1) is 5.92 Å². The van der Waals surface area contributed by atoms with Crippen molar-refractivity contribution in [2.45, 2.75) is 32.7 Å². The van der Waals surface area contributed by atoms with E-state index in [9.17, 15) is 4.79 Å². The fraction of sp³-hybridized carbons (Fsp3) is 0.667. The quantitative estimate of drug-likeness (QED) is 0.825. The van der Waals surface area contributed by atoms with Gasteiger partial charge in [0.25, 0.3) is 0 Å². The summed E-state index contributed by atoms with van der Waals surface area (Å²) in [5.41, 5.74) is 0. The first-order chi connectivity index (χ1) is 7.81. The minimum atomic E-state index is 0.191. The standard InChI is InChI=1S/C12H19N3O/c1-2-15-7-6-14-12(15)8-11(16)10-4-3-5-13-9-10/h6-7,10,13H,2-5,8-9H2,1H3. The molecule has 1 unspecified atom stereocenters. The predicted octanol–water partition coefficient (Wildman–Crippen LogP) is 1.01. The van der Waals surface area contributed by atoms with Crippen molar-refractivity contribution < 1.29 is 4.79 Å². The number of carbonyl (C=O) groups excluding carboxylic acids is 1. The van der Waals surface area contributed by atoms with Crippen LogP contribution >= 0.6 is 0 Å². The fourth-order valence-corrected chi connectivity index (χ4v) is 2.22. The molecule has 0 bridgehead atoms. The number of rotatable bonds is 4. The SMILES string of the molecule is CCn1ccnc1CC(=O)C1CCCNC1. The number of hydrogen-bond donors (Lipinski definition) is 1. The van der Waals surface area contributed by atoms with E-state index in [2.05, 4.69) is 17.2 Å². The van der Waals surface area contributed by atoms with Gasteiger partial charge in [-0.3, -0.25) is 4.79 Å². The molecule has 2 heterocycles. The third-order valence-corrected chi connectivity index (χ3v) is 3.23. The highest BCUT2D eigenvalue weighted by molar-refractivity contribution is 5.82. The van der Waals surface area contributed by atoms with Gasteiger partial charge in [0, 0.05) is 31.4 Å². The molecule has 0 aromatic carbocycles. The number of nitrogens with one attached hydrogen (secondary N) is 1. The molecule has 1 aliphatic rings. The Morgan fingerprint density at radius 2 is 2.56 bits per heavy atom. The second-order valence-electron chi connectivity index (χ2n) is 4.32. The Kier molecular flexibility index (Phi) is 3.72. The van der Waals surface area contributed by atoms with Gasteiger partial charge in [-0.05, 0) is 26.3 Å². The predicted molar refractivity (Wildman–Crippen MR) is 62.2 cm³/mol. The van der Waals surface area contributed by atoms with E-state index < -0.39 is 0 Å². The number of aromatic nitrogens is 2. The normalized spacial score (nSPS) is 20.9. The lowest BCUT2D eigenvalue weighted by molar-refractivity contribution is -0.122. The van der Waals surface area contributed by atoms with Crippen LogP contribution in [0.1, 0.15) is 25.6 Å². The van der Waals surface area contributed by atoms with Gasteiger partial charge >= 0.3 is 0 Å². The van der Waals surface area contributed by atoms with Crippen LogP contribution < -0.4 is 5.32 Å². The summed E-state index contributed by atoms with van der Waals surface area (Å²) in [5, 5.41) is 3.28. The number of aryl methyl sites for hydroxylation is 1. The minimum Gasteiger partial charge on any atom is -0.335 e. The van der Waals surface area contributed by atoms with Gasteiger partial charge in [0.15, 0.2) is 0 Å². The highest BCUT2D eigenvalue weighted by Crippen LogP contribution is 2.13. The maximum absolute atomic E-state index is 12.0. The zero-order valence-corrected chi connectivity index (χ0v) is 9.78. The van der Waals surface area contributed by atoms with Gasteiger partial charge in [-0.15, -0.1) is 0 Å². The molecule has 88 valence electrons. The Balaban J connectivity index is 1.95. The fourth-order valence-electron chi connectivity index (χ4n) is 2.22. The van der Waals surface area contributed by atoms with E-state index in [0.717, 1.165) is 38.3 Å². The molecule has 0 aliphatic carbocycles. The Bertz CT molecular complexity index is 353. The van der Waals surface area contributed by atoms with Gasteiger partial charge in [0.2, 0.25) is 0 Å². The van der Waals surface area contributed by atoms with Crippen molar-refractivity contribution in [2.75, 3.05) is 13.1 Å². The highest BCUT2D eigenvalue weighted by atomic mass is 16.1. The zero-order chi connectivity index (χ0) is 11.4. The molecule has 0 radical (unpaired) electrons. The molecule has 1 aromatic rings. The number of nitrogens with zero attached hydrogens (tertiary/aromatic N) is 2. The molecular formula is C12H19N3O. The third kappa shape index (κ3) is 2.50. The molecular weight excluding hydrogens is 202 g/mol. The summed E-state index contributed by atoms with van der Waals surface area (Å²) in [4.78, 5) is 16.3. The van der Waals surface area contributed by atoms with E-state index >= 15 is 0 Å². The maximum atomic E-state index is 12.0. The van der Waals surface area contributed by atoms with Crippen LogP contribution in [0.25, 0.3) is 0 Å². The summed E-state index contributed by atoms with van der Waals surface area (Å²) in [6.45, 7) is 4.84. The summed E-state index contributed by atoms with van der Waals surface area (Å²) >= 11 is 0. The van der Waals surface area contributed by atoms with Crippen molar-refractivity contribution in [2.24, 2.45) is 5.92 Å². The minimum absolute atomic E-state index is 0.191. The van der Waals surface area contributed by atoms with Crippen LogP contribution in [0.15, 0.2) is 12.4 Å². The molecule has 1 aromatic heterocycles. The first kappa shape index (κ1) is 11.3. The van der Waals surface area contributed by atoms with Crippen molar-refractivity contribution in [1.29, 1.82) is 0 Å². The van der Waals surface area contributed by atoms with Gasteiger partial charge < -0.3 is 9.88 Å². The molecule has 4 heteroatoms. The largest absolute Gasteiger partial charge is 0.335 e. The summed E-state index contributed by atoms with van der Waals surface area (Å²) in [6.07, 6.45) is 6.32. The molecule has 1 N–H and O–H groups in total. The Hall–Kier alpha value is -1.16. The number of imidazole rings is 1. The summed E-state index contributed by atoms with van der Waals surface area (Å²) in [5.74, 6) is 1.42. The van der Waals surface area contributed by atoms with E-state index in [1.165, 1.54) is 0 Å². The first-order valence-corrected chi connectivity index (χ1v) is 6.04. The van der Waals surface area contributed by atoms with Gasteiger partial charge in [-0.25, -0.2) is 4.98 Å². The average Bonchev–Trinajstić information content (AvgIpc) is 2.77. The molecule has 2 rings (SSSR count). The zero-order valence-electron chi connectivity index (χ0n) is 9.78. The Labute approximate surface area is 96.1 Å². The molecule has 0 spiro atoms. The molecule has 16 heavy (non-hydrogen) atoms. The lowest BCUT2D eigenvalue weighted by Crippen LogP contribution is -2.35. The van der Waals surface area contributed by atoms with Crippen LogP contribution in [0.2, 0.25) is 0 Å². The van der Waals surface area contributed by atoms with Gasteiger partial charge in [-0.2, -0.15) is 0 Å². The number of Topliss-reactive ketones (excluding diaryl/α,β-unsaturated/α-hetero) is 1. The van der Waals surface area contributed by atoms with E-state index in [4.69, 9.17) is 0 Å². The second-order valence-corrected chi connectivity index (χ2v) is 4.32. The number of hydrogen-bond acceptors (Lipinski definition) is 3. The molecule has 4 nitrogen and oxygen atoms in total. The lowest BCUT2D eigenvalue weighted by Gasteiger charge is -2.21. The molecule has 1 atom stereocenters. The van der Waals surface area contributed by atoms with E-state index in [0.29, 0.717) is 12.2 Å². The Morgan fingerprint density at radius 1 is 1.69 bits per heavy atom. The van der Waals surface area contributed by atoms with Crippen molar-refractivity contribution in [3.63, 3.8) is 0 Å². The smallest absolute Gasteiger partial charge is 0.144 e. The topological polar surface area (TPSA) is 46.9 Å². The molecule has 0 saturated carbocycles. The second kappa shape index (κ2) is 5.25. The van der Waals surface area contributed by atoms with Gasteiger partial charge in [0.1, 0.15) is 11.6 Å². The Morgan fingerprint density at radius 3 is 3.25 bits per heavy atom. The maximum Gasteiger partial charge on any atom is 0.144 e. The summed E-state index contributed by atoms with van der Waals surface area (Å²) < 4.78 is 2.04. The van der Waals surface area contributed by atoms with Crippen LogP contribution in [-0.2, 0) is 17.8 Å². The molecule has 0 amide bonds. The molecule has 1 aliphatic heterocycles. The number of carbonyl (C=O) groups is 1. The monoisotopic (exact) mass is 221 g/mol. The van der Waals surface area contributed by atoms with Crippen LogP contribution in [-0.4, -0.2) is 28.4 Å². The summed E-state index contributed by atoms with van der Waals surface area (Å²) in [7, 11) is 0. The molecule has 1 saturated heterocycles. The first-order valence-electron chi connectivity index (χ1n) is 6.04. The number of piperidine rings is 1. The number of ketones is 1. The lowest BCUT2D eigenvalue weighted by atomic mass is 9.93. The van der Waals surface area contributed by atoms with Gasteiger partial charge in [-0.1, -0.05) is 0 Å². The average molecular weight is 221 g/mol. The van der Waals surface area contributed by atoms with E-state index in [1.807, 2.05) is 10.8 Å². The van der Waals surface area contributed by atoms with Crippen molar-refractivity contribution in [3.05, 3.63) is 18.2 Å². The van der Waals surface area contributed by atoms with Crippen molar-refractivity contribution in [3.8, 4) is 0 Å². The van der Waals surface area contributed by atoms with E-state index in [1.54, 1.807) is 6.20 Å². The van der Waals surface area contributed by atoms with Crippen LogP contribution in [0.5, 0.6) is 0 Å². The summed E-state index contributed by atoms with van der Waals surface area (Å²) in [6, 6.07) is 0.